The van der Waals surface area contributed by atoms with Gasteiger partial charge in [-0.05, 0) is 0 Å². The van der Waals surface area contributed by atoms with Crippen molar-refractivity contribution in [2.24, 2.45) is 0 Å². The van der Waals surface area contributed by atoms with Crippen LogP contribution in [0.2, 0.25) is 0 Å². The van der Waals surface area contributed by atoms with Crippen molar-refractivity contribution < 1.29 is 0 Å². The zero-order valence-electron chi connectivity index (χ0n) is 6.56. The van der Waals surface area contributed by atoms with Gasteiger partial charge in [0.25, 0.3) is 0 Å². The minimum Gasteiger partial charge on any atom is -0.314 e. The summed E-state index contributed by atoms with van der Waals surface area (Å²) in [6.45, 7) is 5.28. The molecule has 0 aliphatic carbocycles. The highest BCUT2D eigenvalue weighted by Gasteiger charge is 2.21. The number of hydrogen-bond donors (Lipinski definition) is 4. The highest BCUT2D eigenvalue weighted by atomic mass is 15.6. The third kappa shape index (κ3) is 1.69. The summed E-state index contributed by atoms with van der Waals surface area (Å²) in [5.41, 5.74) is 6.21. The second kappa shape index (κ2) is 3.46. The maximum Gasteiger partial charge on any atom is 0.128 e. The molecule has 0 aromatic heterocycles. The molecular weight excluding hydrogens is 142 g/mol. The van der Waals surface area contributed by atoms with E-state index in [-0.39, 0.29) is 0 Å². The molecule has 5 nitrogen and oxygen atoms in total. The molecule has 0 bridgehead atoms. The van der Waals surface area contributed by atoms with Crippen LogP contribution in [0.3, 0.4) is 0 Å². The molecule has 11 heavy (non-hydrogen) atoms. The fourth-order valence-electron chi connectivity index (χ4n) is 1.51. The minimum atomic E-state index is 0.331. The number of piperazine rings is 1. The average molecular weight is 157 g/mol. The summed E-state index contributed by atoms with van der Waals surface area (Å²) in [6.07, 6.45) is 0.331. The van der Waals surface area contributed by atoms with Gasteiger partial charge in [-0.1, -0.05) is 0 Å². The summed E-state index contributed by atoms with van der Waals surface area (Å²) in [7, 11) is 0. The van der Waals surface area contributed by atoms with Crippen molar-refractivity contribution in [1.82, 2.24) is 26.4 Å². The number of rotatable bonds is 1. The Morgan fingerprint density at radius 1 is 1.18 bits per heavy atom. The Morgan fingerprint density at radius 2 is 2.00 bits per heavy atom. The van der Waals surface area contributed by atoms with E-state index < -0.39 is 0 Å². The number of nitrogens with one attached hydrogen (secondary N) is 4. The van der Waals surface area contributed by atoms with Gasteiger partial charge in [0, 0.05) is 26.2 Å². The molecule has 0 aromatic rings. The van der Waals surface area contributed by atoms with Crippen molar-refractivity contribution in [3.05, 3.63) is 0 Å². The van der Waals surface area contributed by atoms with E-state index in [0.29, 0.717) is 6.29 Å². The van der Waals surface area contributed by atoms with Gasteiger partial charge >= 0.3 is 0 Å². The van der Waals surface area contributed by atoms with Crippen LogP contribution in [0, 0.1) is 0 Å². The van der Waals surface area contributed by atoms with Gasteiger partial charge in [0.2, 0.25) is 0 Å². The Morgan fingerprint density at radius 3 is 2.64 bits per heavy atom. The standard InChI is InChI=1S/C6H15N5/c1-3-11(4-2-7-1)6-8-5-9-10-6/h6-10H,1-5H2. The lowest BCUT2D eigenvalue weighted by atomic mass is 10.4. The molecule has 2 heterocycles. The van der Waals surface area contributed by atoms with Crippen molar-refractivity contribution in [3.8, 4) is 0 Å². The molecule has 2 aliphatic rings. The molecule has 0 spiro atoms. The Kier molecular flexibility index (Phi) is 2.35. The topological polar surface area (TPSA) is 51.4 Å². The van der Waals surface area contributed by atoms with Crippen LogP contribution in [0.5, 0.6) is 0 Å². The van der Waals surface area contributed by atoms with Crippen LogP contribution in [0.4, 0.5) is 0 Å². The first-order chi connectivity index (χ1) is 5.47. The summed E-state index contributed by atoms with van der Waals surface area (Å²) < 4.78 is 0. The lowest BCUT2D eigenvalue weighted by Crippen LogP contribution is -2.56. The number of hydrogen-bond acceptors (Lipinski definition) is 5. The smallest absolute Gasteiger partial charge is 0.128 e. The molecule has 0 aromatic carbocycles. The molecule has 0 radical (unpaired) electrons. The third-order valence-electron chi connectivity index (χ3n) is 2.14. The highest BCUT2D eigenvalue weighted by Crippen LogP contribution is 1.96. The fraction of sp³-hybridized carbons (Fsp3) is 1.00. The van der Waals surface area contributed by atoms with Gasteiger partial charge in [0.1, 0.15) is 6.29 Å². The van der Waals surface area contributed by atoms with Gasteiger partial charge in [0.15, 0.2) is 0 Å². The second-order valence-corrected chi connectivity index (χ2v) is 2.89. The van der Waals surface area contributed by atoms with Gasteiger partial charge in [-0.2, -0.15) is 0 Å². The summed E-state index contributed by atoms with van der Waals surface area (Å²) in [4.78, 5) is 2.39. The predicted octanol–water partition coefficient (Wildman–Crippen LogP) is -2.17. The zero-order valence-corrected chi connectivity index (χ0v) is 6.56. The van der Waals surface area contributed by atoms with Crippen molar-refractivity contribution in [3.63, 3.8) is 0 Å². The Balaban J connectivity index is 1.82. The van der Waals surface area contributed by atoms with Crippen molar-refractivity contribution in [1.29, 1.82) is 0 Å². The second-order valence-electron chi connectivity index (χ2n) is 2.89. The van der Waals surface area contributed by atoms with E-state index in [4.69, 9.17) is 0 Å². The van der Waals surface area contributed by atoms with Crippen LogP contribution < -0.4 is 21.5 Å². The summed E-state index contributed by atoms with van der Waals surface area (Å²) in [5, 5.41) is 6.62. The molecule has 2 fully saturated rings. The van der Waals surface area contributed by atoms with Gasteiger partial charge in [0.05, 0.1) is 6.67 Å². The maximum absolute atomic E-state index is 3.32. The predicted molar refractivity (Wildman–Crippen MR) is 42.5 cm³/mol. The van der Waals surface area contributed by atoms with E-state index >= 15 is 0 Å². The average Bonchev–Trinajstić information content (AvgIpc) is 2.58. The SMILES string of the molecule is C1CN(C2NCNN2)CCN1. The van der Waals surface area contributed by atoms with Crippen molar-refractivity contribution in [2.75, 3.05) is 32.8 Å². The van der Waals surface area contributed by atoms with E-state index in [9.17, 15) is 0 Å². The first kappa shape index (κ1) is 7.45. The van der Waals surface area contributed by atoms with E-state index in [1.54, 1.807) is 0 Å². The molecule has 5 heteroatoms. The quantitative estimate of drug-likeness (QED) is 0.349. The van der Waals surface area contributed by atoms with Crippen LogP contribution in [0.1, 0.15) is 0 Å². The summed E-state index contributed by atoms with van der Waals surface area (Å²) in [5.74, 6) is 0. The number of hydrazine groups is 1. The van der Waals surface area contributed by atoms with Crippen LogP contribution in [-0.4, -0.2) is 44.0 Å². The molecule has 64 valence electrons. The van der Waals surface area contributed by atoms with Crippen molar-refractivity contribution in [2.45, 2.75) is 6.29 Å². The monoisotopic (exact) mass is 157 g/mol. The molecule has 2 rings (SSSR count). The van der Waals surface area contributed by atoms with Crippen LogP contribution >= 0.6 is 0 Å². The fourth-order valence-corrected chi connectivity index (χ4v) is 1.51. The van der Waals surface area contributed by atoms with E-state index in [0.717, 1.165) is 32.8 Å². The van der Waals surface area contributed by atoms with Gasteiger partial charge in [-0.15, -0.1) is 0 Å². The van der Waals surface area contributed by atoms with E-state index in [2.05, 4.69) is 26.4 Å². The number of nitrogens with zero attached hydrogens (tertiary/aromatic N) is 1. The molecule has 2 saturated heterocycles. The van der Waals surface area contributed by atoms with Gasteiger partial charge in [-0.25, -0.2) is 10.9 Å². The Hall–Kier alpha value is -0.200. The molecule has 4 N–H and O–H groups in total. The van der Waals surface area contributed by atoms with E-state index in [1.807, 2.05) is 0 Å². The molecular formula is C6H15N5. The first-order valence-electron chi connectivity index (χ1n) is 4.13. The summed E-state index contributed by atoms with van der Waals surface area (Å²) in [6, 6.07) is 0. The Labute approximate surface area is 66.5 Å². The van der Waals surface area contributed by atoms with Crippen LogP contribution in [-0.2, 0) is 0 Å². The highest BCUT2D eigenvalue weighted by molar-refractivity contribution is 4.74. The third-order valence-corrected chi connectivity index (χ3v) is 2.14. The lowest BCUT2D eigenvalue weighted by molar-refractivity contribution is 0.141. The maximum atomic E-state index is 3.32. The van der Waals surface area contributed by atoms with Crippen LogP contribution in [0.25, 0.3) is 0 Å². The molecule has 0 saturated carbocycles. The molecule has 1 unspecified atom stereocenters. The van der Waals surface area contributed by atoms with Gasteiger partial charge < -0.3 is 5.32 Å². The minimum absolute atomic E-state index is 0.331. The summed E-state index contributed by atoms with van der Waals surface area (Å²) >= 11 is 0. The van der Waals surface area contributed by atoms with Gasteiger partial charge in [-0.3, -0.25) is 10.2 Å². The Bertz CT molecular complexity index is 116. The molecule has 0 amide bonds. The molecule has 2 aliphatic heterocycles. The first-order valence-corrected chi connectivity index (χ1v) is 4.13. The largest absolute Gasteiger partial charge is 0.314 e. The molecule has 1 atom stereocenters. The normalized spacial score (nSPS) is 34.4. The van der Waals surface area contributed by atoms with E-state index in [1.165, 1.54) is 0 Å². The lowest BCUT2D eigenvalue weighted by Gasteiger charge is -2.31. The van der Waals surface area contributed by atoms with Crippen LogP contribution in [0.15, 0.2) is 0 Å². The zero-order chi connectivity index (χ0) is 7.52. The van der Waals surface area contributed by atoms with Crippen molar-refractivity contribution >= 4 is 0 Å².